The van der Waals surface area contributed by atoms with Gasteiger partial charge in [0.2, 0.25) is 5.91 Å². The number of benzene rings is 1. The Bertz CT molecular complexity index is 606. The Morgan fingerprint density at radius 2 is 2.14 bits per heavy atom. The summed E-state index contributed by atoms with van der Waals surface area (Å²) in [6.07, 6.45) is 5.16. The number of carbonyl (C=O) groups is 1. The van der Waals surface area contributed by atoms with Gasteiger partial charge in [0.15, 0.2) is 0 Å². The Labute approximate surface area is 131 Å². The van der Waals surface area contributed by atoms with E-state index in [4.69, 9.17) is 0 Å². The number of fused-ring (bicyclic) bond motifs is 1. The van der Waals surface area contributed by atoms with Crippen LogP contribution < -0.4 is 5.32 Å². The molecule has 0 fully saturated rings. The van der Waals surface area contributed by atoms with Crippen LogP contribution in [0, 0.1) is 5.92 Å². The van der Waals surface area contributed by atoms with Crippen LogP contribution in [0.2, 0.25) is 0 Å². The smallest absolute Gasteiger partial charge is 0.220 e. The van der Waals surface area contributed by atoms with Gasteiger partial charge in [-0.25, -0.2) is 0 Å². The number of carbonyl (C=O) groups excluding carboxylic acids is 1. The molecule has 0 aliphatic heterocycles. The molecule has 0 bridgehead atoms. The summed E-state index contributed by atoms with van der Waals surface area (Å²) in [6.45, 7) is 4.12. The number of nitrogens with one attached hydrogen (secondary N) is 2. The number of hydrogen-bond acceptors (Lipinski definition) is 2. The van der Waals surface area contributed by atoms with Crippen LogP contribution in [0.15, 0.2) is 30.5 Å². The zero-order valence-electron chi connectivity index (χ0n) is 13.4. The normalized spacial score (nSPS) is 14.0. The van der Waals surface area contributed by atoms with E-state index in [9.17, 15) is 9.90 Å². The average molecular weight is 302 g/mol. The summed E-state index contributed by atoms with van der Waals surface area (Å²) in [5.74, 6) is 0.321. The Kier molecular flexibility index (Phi) is 6.01. The first kappa shape index (κ1) is 16.6. The van der Waals surface area contributed by atoms with E-state index in [1.165, 1.54) is 10.9 Å². The highest BCUT2D eigenvalue weighted by molar-refractivity contribution is 5.83. The van der Waals surface area contributed by atoms with E-state index in [1.54, 1.807) is 0 Å². The maximum atomic E-state index is 12.0. The largest absolute Gasteiger partial charge is 0.394 e. The number of H-pyrrole nitrogens is 1. The van der Waals surface area contributed by atoms with E-state index in [-0.39, 0.29) is 18.6 Å². The molecule has 4 nitrogen and oxygen atoms in total. The molecule has 22 heavy (non-hydrogen) atoms. The number of para-hydroxylation sites is 1. The standard InChI is InChI=1S/C18H26N2O2/c1-3-13(2)17(12-21)20-18(22)10-6-7-14-11-19-16-9-5-4-8-15(14)16/h4-5,8-9,11,13,17,19,21H,3,6-7,10,12H2,1-2H3,(H,20,22)/t13-,17-/m0/s1. The minimum Gasteiger partial charge on any atom is -0.394 e. The van der Waals surface area contributed by atoms with E-state index in [0.29, 0.717) is 12.3 Å². The predicted octanol–water partition coefficient (Wildman–Crippen LogP) is 3.01. The molecule has 0 saturated heterocycles. The summed E-state index contributed by atoms with van der Waals surface area (Å²) in [6, 6.07) is 8.07. The van der Waals surface area contributed by atoms with Crippen molar-refractivity contribution in [2.24, 2.45) is 5.92 Å². The lowest BCUT2D eigenvalue weighted by Gasteiger charge is -2.22. The molecule has 0 unspecified atom stereocenters. The van der Waals surface area contributed by atoms with Crippen LogP contribution in [0.3, 0.4) is 0 Å². The van der Waals surface area contributed by atoms with Crippen LogP contribution >= 0.6 is 0 Å². The first-order valence-corrected chi connectivity index (χ1v) is 8.11. The zero-order chi connectivity index (χ0) is 15.9. The molecule has 1 aromatic heterocycles. The van der Waals surface area contributed by atoms with Crippen LogP contribution in [0.1, 0.15) is 38.7 Å². The molecule has 0 saturated carbocycles. The van der Waals surface area contributed by atoms with Gasteiger partial charge in [0.25, 0.3) is 0 Å². The fourth-order valence-corrected chi connectivity index (χ4v) is 2.71. The molecule has 0 radical (unpaired) electrons. The zero-order valence-corrected chi connectivity index (χ0v) is 13.4. The second-order valence-electron chi connectivity index (χ2n) is 5.96. The third-order valence-corrected chi connectivity index (χ3v) is 4.40. The van der Waals surface area contributed by atoms with Gasteiger partial charge in [-0.1, -0.05) is 38.5 Å². The number of aromatic amines is 1. The fourth-order valence-electron chi connectivity index (χ4n) is 2.71. The van der Waals surface area contributed by atoms with Crippen molar-refractivity contribution >= 4 is 16.8 Å². The number of aromatic nitrogens is 1. The van der Waals surface area contributed by atoms with Gasteiger partial charge in [0, 0.05) is 23.5 Å². The van der Waals surface area contributed by atoms with Crippen molar-refractivity contribution < 1.29 is 9.90 Å². The Balaban J connectivity index is 1.82. The van der Waals surface area contributed by atoms with Gasteiger partial charge in [0.1, 0.15) is 0 Å². The van der Waals surface area contributed by atoms with Crippen LogP contribution in [0.4, 0.5) is 0 Å². The van der Waals surface area contributed by atoms with E-state index < -0.39 is 0 Å². The van der Waals surface area contributed by atoms with Gasteiger partial charge < -0.3 is 15.4 Å². The van der Waals surface area contributed by atoms with Crippen molar-refractivity contribution in [1.82, 2.24) is 10.3 Å². The molecule has 0 spiro atoms. The number of aliphatic hydroxyl groups excluding tert-OH is 1. The second-order valence-corrected chi connectivity index (χ2v) is 5.96. The van der Waals surface area contributed by atoms with E-state index in [0.717, 1.165) is 24.8 Å². The highest BCUT2D eigenvalue weighted by Gasteiger charge is 2.17. The topological polar surface area (TPSA) is 65.1 Å². The summed E-state index contributed by atoms with van der Waals surface area (Å²) in [5.41, 5.74) is 2.39. The molecule has 1 amide bonds. The quantitative estimate of drug-likeness (QED) is 0.702. The monoisotopic (exact) mass is 302 g/mol. The summed E-state index contributed by atoms with van der Waals surface area (Å²) in [5, 5.41) is 13.5. The van der Waals surface area contributed by atoms with Crippen molar-refractivity contribution in [3.8, 4) is 0 Å². The van der Waals surface area contributed by atoms with E-state index >= 15 is 0 Å². The van der Waals surface area contributed by atoms with Crippen LogP contribution in [0.5, 0.6) is 0 Å². The average Bonchev–Trinajstić information content (AvgIpc) is 2.95. The molecule has 2 aromatic rings. The summed E-state index contributed by atoms with van der Waals surface area (Å²) in [7, 11) is 0. The molecular weight excluding hydrogens is 276 g/mol. The van der Waals surface area contributed by atoms with Crippen molar-refractivity contribution in [1.29, 1.82) is 0 Å². The molecule has 3 N–H and O–H groups in total. The fraction of sp³-hybridized carbons (Fsp3) is 0.500. The summed E-state index contributed by atoms with van der Waals surface area (Å²) < 4.78 is 0. The lowest BCUT2D eigenvalue weighted by Crippen LogP contribution is -2.41. The highest BCUT2D eigenvalue weighted by atomic mass is 16.3. The lowest BCUT2D eigenvalue weighted by atomic mass is 9.99. The minimum absolute atomic E-state index is 0.00317. The first-order chi connectivity index (χ1) is 10.7. The minimum atomic E-state index is -0.134. The molecular formula is C18H26N2O2. The molecule has 0 aliphatic carbocycles. The van der Waals surface area contributed by atoms with Gasteiger partial charge in [-0.3, -0.25) is 4.79 Å². The maximum Gasteiger partial charge on any atom is 0.220 e. The number of aryl methyl sites for hydroxylation is 1. The lowest BCUT2D eigenvalue weighted by molar-refractivity contribution is -0.122. The molecule has 1 aromatic carbocycles. The Morgan fingerprint density at radius 1 is 1.36 bits per heavy atom. The predicted molar refractivity (Wildman–Crippen MR) is 89.7 cm³/mol. The molecule has 2 rings (SSSR count). The van der Waals surface area contributed by atoms with Crippen molar-refractivity contribution in [3.63, 3.8) is 0 Å². The van der Waals surface area contributed by atoms with Crippen molar-refractivity contribution in [2.45, 2.75) is 45.6 Å². The van der Waals surface area contributed by atoms with E-state index in [1.807, 2.05) is 25.3 Å². The number of amides is 1. The van der Waals surface area contributed by atoms with Crippen molar-refractivity contribution in [2.75, 3.05) is 6.61 Å². The van der Waals surface area contributed by atoms with Gasteiger partial charge in [-0.15, -0.1) is 0 Å². The third kappa shape index (κ3) is 4.10. The number of aliphatic hydroxyl groups is 1. The van der Waals surface area contributed by atoms with Gasteiger partial charge >= 0.3 is 0 Å². The molecule has 0 aliphatic rings. The Hall–Kier alpha value is -1.81. The van der Waals surface area contributed by atoms with Gasteiger partial charge in [-0.2, -0.15) is 0 Å². The molecule has 1 heterocycles. The number of hydrogen-bond donors (Lipinski definition) is 3. The van der Waals surface area contributed by atoms with Crippen LogP contribution in [0.25, 0.3) is 10.9 Å². The summed E-state index contributed by atoms with van der Waals surface area (Å²) >= 11 is 0. The van der Waals surface area contributed by atoms with Gasteiger partial charge in [-0.05, 0) is 30.4 Å². The maximum absolute atomic E-state index is 12.0. The van der Waals surface area contributed by atoms with Crippen LogP contribution in [-0.4, -0.2) is 28.6 Å². The third-order valence-electron chi connectivity index (χ3n) is 4.40. The molecule has 2 atom stereocenters. The SMILES string of the molecule is CC[C@H](C)[C@H](CO)NC(=O)CCCc1c[nH]c2ccccc12. The first-order valence-electron chi connectivity index (χ1n) is 8.11. The van der Waals surface area contributed by atoms with E-state index in [2.05, 4.69) is 29.4 Å². The number of rotatable bonds is 8. The molecule has 4 heteroatoms. The van der Waals surface area contributed by atoms with Crippen LogP contribution in [-0.2, 0) is 11.2 Å². The molecule has 120 valence electrons. The summed E-state index contributed by atoms with van der Waals surface area (Å²) in [4.78, 5) is 15.3. The van der Waals surface area contributed by atoms with Crippen molar-refractivity contribution in [3.05, 3.63) is 36.0 Å². The second kappa shape index (κ2) is 7.99. The van der Waals surface area contributed by atoms with Gasteiger partial charge in [0.05, 0.1) is 12.6 Å². The highest BCUT2D eigenvalue weighted by Crippen LogP contribution is 2.19. The Morgan fingerprint density at radius 3 is 2.86 bits per heavy atom.